The molecule has 0 amide bonds. The summed E-state index contributed by atoms with van der Waals surface area (Å²) < 4.78 is 7.44. The molecule has 3 rings (SSSR count). The van der Waals surface area contributed by atoms with Crippen LogP contribution in [0.5, 0.6) is 0 Å². The summed E-state index contributed by atoms with van der Waals surface area (Å²) in [5, 5.41) is 0. The lowest BCUT2D eigenvalue weighted by Crippen LogP contribution is -1.99. The van der Waals surface area contributed by atoms with E-state index in [0.717, 1.165) is 36.5 Å². The van der Waals surface area contributed by atoms with Crippen LogP contribution in [-0.4, -0.2) is 22.6 Å². The van der Waals surface area contributed by atoms with Gasteiger partial charge in [0.05, 0.1) is 12.3 Å². The quantitative estimate of drug-likeness (QED) is 0.824. The van der Waals surface area contributed by atoms with Gasteiger partial charge in [0, 0.05) is 37.0 Å². The zero-order valence-corrected chi connectivity index (χ0v) is 9.10. The molecule has 0 bridgehead atoms. The Kier molecular flexibility index (Phi) is 2.38. The van der Waals surface area contributed by atoms with Crippen molar-refractivity contribution in [2.45, 2.75) is 18.9 Å². The highest BCUT2D eigenvalue weighted by Gasteiger charge is 2.20. The van der Waals surface area contributed by atoms with Gasteiger partial charge in [-0.3, -0.25) is 0 Å². The van der Waals surface area contributed by atoms with E-state index in [1.165, 1.54) is 0 Å². The number of pyridine rings is 1. The minimum Gasteiger partial charge on any atom is -0.381 e. The van der Waals surface area contributed by atoms with Crippen LogP contribution in [0, 0.1) is 0 Å². The van der Waals surface area contributed by atoms with E-state index >= 15 is 0 Å². The Labute approximate surface area is 94.0 Å². The molecule has 1 unspecified atom stereocenters. The highest BCUT2D eigenvalue weighted by Crippen LogP contribution is 2.25. The van der Waals surface area contributed by atoms with Crippen LogP contribution in [0.2, 0.25) is 0 Å². The van der Waals surface area contributed by atoms with E-state index in [1.54, 1.807) is 0 Å². The average Bonchev–Trinajstić information content (AvgIpc) is 2.96. The van der Waals surface area contributed by atoms with Crippen molar-refractivity contribution in [1.29, 1.82) is 0 Å². The van der Waals surface area contributed by atoms with Crippen LogP contribution in [-0.2, 0) is 11.3 Å². The fourth-order valence-corrected chi connectivity index (χ4v) is 2.21. The average molecular weight is 217 g/mol. The van der Waals surface area contributed by atoms with E-state index in [4.69, 9.17) is 10.5 Å². The maximum Gasteiger partial charge on any atom is 0.141 e. The van der Waals surface area contributed by atoms with Crippen LogP contribution in [0.1, 0.15) is 23.6 Å². The van der Waals surface area contributed by atoms with Crippen molar-refractivity contribution in [1.82, 2.24) is 9.38 Å². The largest absolute Gasteiger partial charge is 0.381 e. The molecule has 0 aliphatic carbocycles. The van der Waals surface area contributed by atoms with Gasteiger partial charge in [-0.1, -0.05) is 6.07 Å². The zero-order chi connectivity index (χ0) is 11.0. The van der Waals surface area contributed by atoms with Crippen LogP contribution in [0.3, 0.4) is 0 Å². The number of aromatic nitrogens is 2. The Balaban J connectivity index is 2.07. The molecule has 2 aromatic rings. The van der Waals surface area contributed by atoms with Gasteiger partial charge in [-0.15, -0.1) is 0 Å². The van der Waals surface area contributed by atoms with E-state index < -0.39 is 0 Å². The molecule has 4 heteroatoms. The molecule has 3 heterocycles. The van der Waals surface area contributed by atoms with Crippen LogP contribution >= 0.6 is 0 Å². The third-order valence-electron chi connectivity index (χ3n) is 3.15. The first kappa shape index (κ1) is 9.81. The Bertz CT molecular complexity index is 500. The van der Waals surface area contributed by atoms with E-state index in [2.05, 4.69) is 15.6 Å². The normalized spacial score (nSPS) is 20.7. The summed E-state index contributed by atoms with van der Waals surface area (Å²) in [6.07, 6.45) is 5.18. The highest BCUT2D eigenvalue weighted by molar-refractivity contribution is 5.49. The number of nitrogens with zero attached hydrogens (tertiary/aromatic N) is 2. The summed E-state index contributed by atoms with van der Waals surface area (Å²) in [5.74, 6) is 0.450. The Hall–Kier alpha value is -1.39. The lowest BCUT2D eigenvalue weighted by atomic mass is 10.1. The lowest BCUT2D eigenvalue weighted by molar-refractivity contribution is 0.193. The molecule has 1 aliphatic heterocycles. The first-order chi connectivity index (χ1) is 7.88. The van der Waals surface area contributed by atoms with E-state index in [1.807, 2.05) is 18.3 Å². The third-order valence-corrected chi connectivity index (χ3v) is 3.15. The minimum absolute atomic E-state index is 0.450. The maximum absolute atomic E-state index is 5.70. The van der Waals surface area contributed by atoms with Crippen LogP contribution in [0.4, 0.5) is 0 Å². The Morgan fingerprint density at radius 3 is 3.25 bits per heavy atom. The Morgan fingerprint density at radius 2 is 2.50 bits per heavy atom. The number of hydrogen-bond donors (Lipinski definition) is 1. The molecule has 2 aromatic heterocycles. The molecule has 0 aromatic carbocycles. The zero-order valence-electron chi connectivity index (χ0n) is 9.10. The van der Waals surface area contributed by atoms with Crippen LogP contribution in [0.15, 0.2) is 24.5 Å². The summed E-state index contributed by atoms with van der Waals surface area (Å²) >= 11 is 0. The predicted octanol–water partition coefficient (Wildman–Crippen LogP) is 1.30. The Morgan fingerprint density at radius 1 is 1.56 bits per heavy atom. The van der Waals surface area contributed by atoms with Crippen molar-refractivity contribution in [3.8, 4) is 0 Å². The van der Waals surface area contributed by atoms with Crippen LogP contribution in [0.25, 0.3) is 5.65 Å². The van der Waals surface area contributed by atoms with Gasteiger partial charge in [-0.2, -0.15) is 0 Å². The van der Waals surface area contributed by atoms with Gasteiger partial charge < -0.3 is 14.9 Å². The fourth-order valence-electron chi connectivity index (χ4n) is 2.21. The van der Waals surface area contributed by atoms with Crippen molar-refractivity contribution >= 4 is 5.65 Å². The SMILES string of the molecule is NCc1cccn2cc(C3CCOC3)nc12. The van der Waals surface area contributed by atoms with E-state index in [0.29, 0.717) is 12.5 Å². The lowest BCUT2D eigenvalue weighted by Gasteiger charge is -2.00. The molecule has 1 fully saturated rings. The highest BCUT2D eigenvalue weighted by atomic mass is 16.5. The first-order valence-electron chi connectivity index (χ1n) is 5.63. The van der Waals surface area contributed by atoms with Crippen molar-refractivity contribution < 1.29 is 4.74 Å². The predicted molar refractivity (Wildman–Crippen MR) is 61.3 cm³/mol. The number of rotatable bonds is 2. The molecule has 0 spiro atoms. The van der Waals surface area contributed by atoms with Gasteiger partial charge in [0.2, 0.25) is 0 Å². The molecular weight excluding hydrogens is 202 g/mol. The van der Waals surface area contributed by atoms with E-state index in [9.17, 15) is 0 Å². The monoisotopic (exact) mass is 217 g/mol. The first-order valence-corrected chi connectivity index (χ1v) is 5.63. The second-order valence-corrected chi connectivity index (χ2v) is 4.19. The molecule has 0 saturated carbocycles. The van der Waals surface area contributed by atoms with Gasteiger partial charge in [0.15, 0.2) is 0 Å². The number of imidazole rings is 1. The molecule has 84 valence electrons. The standard InChI is InChI=1S/C12H15N3O/c13-6-9-2-1-4-15-7-11(14-12(9)15)10-3-5-16-8-10/h1-2,4,7,10H,3,5-6,8,13H2. The molecule has 0 radical (unpaired) electrons. The fraction of sp³-hybridized carbons (Fsp3) is 0.417. The number of nitrogens with two attached hydrogens (primary N) is 1. The number of hydrogen-bond acceptors (Lipinski definition) is 3. The summed E-state index contributed by atoms with van der Waals surface area (Å²) in [7, 11) is 0. The number of ether oxygens (including phenoxy) is 1. The van der Waals surface area contributed by atoms with Gasteiger partial charge in [0.1, 0.15) is 5.65 Å². The second kappa shape index (κ2) is 3.88. The molecule has 16 heavy (non-hydrogen) atoms. The van der Waals surface area contributed by atoms with Gasteiger partial charge in [-0.05, 0) is 12.5 Å². The van der Waals surface area contributed by atoms with Crippen LogP contribution < -0.4 is 5.73 Å². The molecule has 1 atom stereocenters. The van der Waals surface area contributed by atoms with Crippen molar-refractivity contribution in [2.24, 2.45) is 5.73 Å². The van der Waals surface area contributed by atoms with Crippen molar-refractivity contribution in [3.05, 3.63) is 35.8 Å². The number of fused-ring (bicyclic) bond motifs is 1. The van der Waals surface area contributed by atoms with Gasteiger partial charge >= 0.3 is 0 Å². The molecule has 4 nitrogen and oxygen atoms in total. The molecular formula is C12H15N3O. The molecule has 1 saturated heterocycles. The third kappa shape index (κ3) is 1.50. The van der Waals surface area contributed by atoms with Gasteiger partial charge in [0.25, 0.3) is 0 Å². The topological polar surface area (TPSA) is 52.5 Å². The van der Waals surface area contributed by atoms with Crippen molar-refractivity contribution in [2.75, 3.05) is 13.2 Å². The van der Waals surface area contributed by atoms with Gasteiger partial charge in [-0.25, -0.2) is 4.98 Å². The summed E-state index contributed by atoms with van der Waals surface area (Å²) in [6, 6.07) is 4.03. The van der Waals surface area contributed by atoms with Crippen molar-refractivity contribution in [3.63, 3.8) is 0 Å². The van der Waals surface area contributed by atoms with E-state index in [-0.39, 0.29) is 0 Å². The summed E-state index contributed by atoms with van der Waals surface area (Å²) in [4.78, 5) is 4.67. The summed E-state index contributed by atoms with van der Waals surface area (Å²) in [5.41, 5.74) is 8.89. The summed E-state index contributed by atoms with van der Waals surface area (Å²) in [6.45, 7) is 2.17. The minimum atomic E-state index is 0.450. The molecule has 1 aliphatic rings. The second-order valence-electron chi connectivity index (χ2n) is 4.19. The maximum atomic E-state index is 5.70. The molecule has 2 N–H and O–H groups in total. The smallest absolute Gasteiger partial charge is 0.141 e.